The van der Waals surface area contributed by atoms with Crippen molar-refractivity contribution in [2.75, 3.05) is 13.2 Å². The molecule has 0 aromatic rings. The highest BCUT2D eigenvalue weighted by molar-refractivity contribution is 5.94. The summed E-state index contributed by atoms with van der Waals surface area (Å²) in [5.41, 5.74) is 16.2. The van der Waals surface area contributed by atoms with Crippen molar-refractivity contribution in [2.45, 2.75) is 64.2 Å². The molecule has 5 atom stereocenters. The number of aliphatic imine (C=N–C) groups is 1. The Morgan fingerprint density at radius 2 is 1.55 bits per heavy atom. The number of nitrogens with zero attached hydrogens (tertiary/aromatic N) is 1. The van der Waals surface area contributed by atoms with Gasteiger partial charge in [0.25, 0.3) is 0 Å². The third kappa shape index (κ3) is 10.6. The molecule has 0 saturated heterocycles. The van der Waals surface area contributed by atoms with Gasteiger partial charge < -0.3 is 43.4 Å². The fraction of sp³-hybridized carbons (Fsp3) is 0.722. The molecule has 0 heterocycles. The molecule has 0 aliphatic rings. The van der Waals surface area contributed by atoms with Gasteiger partial charge in [-0.25, -0.2) is 4.79 Å². The molecule has 0 radical (unpaired) electrons. The molecule has 3 amide bonds. The van der Waals surface area contributed by atoms with E-state index in [9.17, 15) is 29.4 Å². The molecule has 0 aromatic heterocycles. The molecule has 31 heavy (non-hydrogen) atoms. The molecule has 178 valence electrons. The van der Waals surface area contributed by atoms with Gasteiger partial charge in [-0.3, -0.25) is 19.4 Å². The summed E-state index contributed by atoms with van der Waals surface area (Å²) in [6.45, 7) is 4.47. The van der Waals surface area contributed by atoms with Crippen molar-refractivity contribution in [2.24, 2.45) is 28.1 Å². The first kappa shape index (κ1) is 28.1. The lowest BCUT2D eigenvalue weighted by atomic mass is 9.99. The van der Waals surface area contributed by atoms with Gasteiger partial charge in [0.05, 0.1) is 12.6 Å². The van der Waals surface area contributed by atoms with E-state index < -0.39 is 54.5 Å². The Labute approximate surface area is 181 Å². The van der Waals surface area contributed by atoms with Gasteiger partial charge in [-0.05, 0) is 25.7 Å². The Bertz CT molecular complexity index is 653. The normalized spacial score (nSPS) is 15.5. The van der Waals surface area contributed by atoms with Crippen molar-refractivity contribution in [1.82, 2.24) is 16.0 Å². The zero-order chi connectivity index (χ0) is 24.1. The quantitative estimate of drug-likeness (QED) is 0.0769. The van der Waals surface area contributed by atoms with Gasteiger partial charge in [0, 0.05) is 6.54 Å². The first-order chi connectivity index (χ1) is 14.4. The van der Waals surface area contributed by atoms with Crippen LogP contribution in [0, 0.1) is 5.92 Å². The van der Waals surface area contributed by atoms with E-state index in [0.29, 0.717) is 12.8 Å². The third-order valence-electron chi connectivity index (χ3n) is 4.69. The average molecular weight is 446 g/mol. The molecule has 11 N–H and O–H groups in total. The number of hydrogen-bond acceptors (Lipinski definition) is 7. The molecular weight excluding hydrogens is 410 g/mol. The highest BCUT2D eigenvalue weighted by Crippen LogP contribution is 2.05. The highest BCUT2D eigenvalue weighted by atomic mass is 16.4. The van der Waals surface area contributed by atoms with Crippen molar-refractivity contribution >= 4 is 29.7 Å². The highest BCUT2D eigenvalue weighted by Gasteiger charge is 2.28. The Morgan fingerprint density at radius 3 is 2.03 bits per heavy atom. The van der Waals surface area contributed by atoms with Gasteiger partial charge in [-0.2, -0.15) is 0 Å². The van der Waals surface area contributed by atoms with E-state index in [1.54, 1.807) is 6.92 Å². The van der Waals surface area contributed by atoms with Crippen LogP contribution >= 0.6 is 0 Å². The molecule has 13 heteroatoms. The standard InChI is InChI=1S/C18H35N7O6/c1-4-9(2)13(19)16(29)25-12(8-26)15(28)23-10(3)14(27)24-11(17(30)31)6-5-7-22-18(20)21/h9-13,26H,4-8,19H2,1-3H3,(H,23,28)(H,24,27)(H,25,29)(H,30,31)(H4,20,21,22). The molecule has 5 unspecified atom stereocenters. The summed E-state index contributed by atoms with van der Waals surface area (Å²) >= 11 is 0. The minimum absolute atomic E-state index is 0.0708. The summed E-state index contributed by atoms with van der Waals surface area (Å²) in [5, 5.41) is 25.7. The molecule has 13 nitrogen and oxygen atoms in total. The van der Waals surface area contributed by atoms with Crippen LogP contribution in [0.15, 0.2) is 4.99 Å². The zero-order valence-corrected chi connectivity index (χ0v) is 18.1. The molecule has 0 saturated carbocycles. The maximum Gasteiger partial charge on any atom is 0.326 e. The molecule has 0 fully saturated rings. The summed E-state index contributed by atoms with van der Waals surface area (Å²) < 4.78 is 0. The Hall–Kier alpha value is -2.93. The van der Waals surface area contributed by atoms with Gasteiger partial charge in [0.1, 0.15) is 18.1 Å². The number of nitrogens with two attached hydrogens (primary N) is 3. The molecule has 0 aliphatic heterocycles. The fourth-order valence-corrected chi connectivity index (χ4v) is 2.41. The lowest BCUT2D eigenvalue weighted by Crippen LogP contribution is -2.58. The topological polar surface area (TPSA) is 235 Å². The van der Waals surface area contributed by atoms with Gasteiger partial charge in [0.2, 0.25) is 17.7 Å². The monoisotopic (exact) mass is 445 g/mol. The maximum atomic E-state index is 12.3. The van der Waals surface area contributed by atoms with E-state index in [0.717, 1.165) is 0 Å². The van der Waals surface area contributed by atoms with Crippen LogP contribution in [0.25, 0.3) is 0 Å². The number of amides is 3. The van der Waals surface area contributed by atoms with Crippen LogP contribution in [-0.2, 0) is 19.2 Å². The van der Waals surface area contributed by atoms with E-state index >= 15 is 0 Å². The van der Waals surface area contributed by atoms with Crippen molar-refractivity contribution < 1.29 is 29.4 Å². The smallest absolute Gasteiger partial charge is 0.326 e. The summed E-state index contributed by atoms with van der Waals surface area (Å²) in [5.74, 6) is -3.67. The van der Waals surface area contributed by atoms with E-state index in [1.165, 1.54) is 6.92 Å². The minimum atomic E-state index is -1.31. The molecule has 0 bridgehead atoms. The fourth-order valence-electron chi connectivity index (χ4n) is 2.41. The lowest BCUT2D eigenvalue weighted by Gasteiger charge is -2.23. The van der Waals surface area contributed by atoms with Crippen LogP contribution in [0.2, 0.25) is 0 Å². The summed E-state index contributed by atoms with van der Waals surface area (Å²) in [6, 6.07) is -4.50. The molecule has 0 aromatic carbocycles. The lowest BCUT2D eigenvalue weighted by molar-refractivity contribution is -0.142. The van der Waals surface area contributed by atoms with Crippen LogP contribution < -0.4 is 33.2 Å². The van der Waals surface area contributed by atoms with Crippen molar-refractivity contribution in [3.63, 3.8) is 0 Å². The second-order valence-corrected chi connectivity index (χ2v) is 7.23. The number of aliphatic carboxylic acids is 1. The number of nitrogens with one attached hydrogen (secondary N) is 3. The average Bonchev–Trinajstić information content (AvgIpc) is 2.71. The number of rotatable bonds is 14. The van der Waals surface area contributed by atoms with E-state index in [-0.39, 0.29) is 24.8 Å². The van der Waals surface area contributed by atoms with Crippen molar-refractivity contribution in [3.05, 3.63) is 0 Å². The number of aliphatic hydroxyl groups excluding tert-OH is 1. The molecular formula is C18H35N7O6. The van der Waals surface area contributed by atoms with Crippen LogP contribution in [0.3, 0.4) is 0 Å². The summed E-state index contributed by atoms with van der Waals surface area (Å²) in [7, 11) is 0. The van der Waals surface area contributed by atoms with E-state index in [1.807, 2.05) is 6.92 Å². The molecule has 0 rings (SSSR count). The number of hydrogen-bond donors (Lipinski definition) is 8. The third-order valence-corrected chi connectivity index (χ3v) is 4.69. The van der Waals surface area contributed by atoms with Crippen molar-refractivity contribution in [3.8, 4) is 0 Å². The van der Waals surface area contributed by atoms with E-state index in [4.69, 9.17) is 17.2 Å². The SMILES string of the molecule is CCC(C)C(N)C(=O)NC(CO)C(=O)NC(C)C(=O)NC(CCCN=C(N)N)C(=O)O. The van der Waals surface area contributed by atoms with Crippen LogP contribution in [0.4, 0.5) is 0 Å². The first-order valence-electron chi connectivity index (χ1n) is 10.00. The second-order valence-electron chi connectivity index (χ2n) is 7.23. The number of carbonyl (C=O) groups is 4. The minimum Gasteiger partial charge on any atom is -0.480 e. The number of carboxylic acids is 1. The van der Waals surface area contributed by atoms with Gasteiger partial charge >= 0.3 is 5.97 Å². The Kier molecular flexibility index (Phi) is 12.8. The predicted molar refractivity (Wildman–Crippen MR) is 114 cm³/mol. The molecule has 0 spiro atoms. The van der Waals surface area contributed by atoms with Crippen molar-refractivity contribution in [1.29, 1.82) is 0 Å². The van der Waals surface area contributed by atoms with Gasteiger partial charge in [0.15, 0.2) is 5.96 Å². The second kappa shape index (κ2) is 14.1. The summed E-state index contributed by atoms with van der Waals surface area (Å²) in [4.78, 5) is 51.8. The predicted octanol–water partition coefficient (Wildman–Crippen LogP) is -3.04. The zero-order valence-electron chi connectivity index (χ0n) is 18.1. The van der Waals surface area contributed by atoms with Gasteiger partial charge in [-0.1, -0.05) is 20.3 Å². The number of aliphatic hydroxyl groups is 1. The largest absolute Gasteiger partial charge is 0.480 e. The maximum absolute atomic E-state index is 12.3. The summed E-state index contributed by atoms with van der Waals surface area (Å²) in [6.07, 6.45) is 1.03. The Balaban J connectivity index is 4.81. The first-order valence-corrected chi connectivity index (χ1v) is 10.00. The molecule has 0 aliphatic carbocycles. The van der Waals surface area contributed by atoms with E-state index in [2.05, 4.69) is 20.9 Å². The van der Waals surface area contributed by atoms with Crippen LogP contribution in [0.5, 0.6) is 0 Å². The Morgan fingerprint density at radius 1 is 0.968 bits per heavy atom. The van der Waals surface area contributed by atoms with Gasteiger partial charge in [-0.15, -0.1) is 0 Å². The number of carbonyl (C=O) groups excluding carboxylic acids is 3. The van der Waals surface area contributed by atoms with Crippen LogP contribution in [0.1, 0.15) is 40.0 Å². The number of carboxylic acid groups (broad SMARTS) is 1. The van der Waals surface area contributed by atoms with Crippen LogP contribution in [-0.4, -0.2) is 77.2 Å². The number of guanidine groups is 1.